The van der Waals surface area contributed by atoms with E-state index in [9.17, 15) is 4.79 Å². The molecule has 0 spiro atoms. The molecule has 0 bridgehead atoms. The van der Waals surface area contributed by atoms with E-state index in [4.69, 9.17) is 14.4 Å². The average Bonchev–Trinajstić information content (AvgIpc) is 3.05. The predicted octanol–water partition coefficient (Wildman–Crippen LogP) is 2.78. The molecule has 0 radical (unpaired) electrons. The second kappa shape index (κ2) is 5.36. The van der Waals surface area contributed by atoms with Crippen LogP contribution in [0.2, 0.25) is 0 Å². The van der Waals surface area contributed by atoms with Crippen molar-refractivity contribution in [3.8, 4) is 11.3 Å². The van der Waals surface area contributed by atoms with Gasteiger partial charge in [-0.1, -0.05) is 5.16 Å². The van der Waals surface area contributed by atoms with E-state index < -0.39 is 5.60 Å². The molecule has 1 aliphatic carbocycles. The van der Waals surface area contributed by atoms with Crippen LogP contribution in [0.5, 0.6) is 0 Å². The lowest BCUT2D eigenvalue weighted by atomic mass is 10.1. The van der Waals surface area contributed by atoms with Gasteiger partial charge in [0.15, 0.2) is 0 Å². The molecule has 7 nitrogen and oxygen atoms in total. The SMILES string of the molecule is CC(C)(C)OC(=O)N1CCn2nc3c(c2C1)-c1nocc1CCC3. The van der Waals surface area contributed by atoms with Gasteiger partial charge in [0.1, 0.15) is 17.6 Å². The minimum atomic E-state index is -0.495. The highest BCUT2D eigenvalue weighted by atomic mass is 16.6. The topological polar surface area (TPSA) is 73.4 Å². The van der Waals surface area contributed by atoms with Gasteiger partial charge in [-0.25, -0.2) is 4.79 Å². The Morgan fingerprint density at radius 2 is 2.12 bits per heavy atom. The van der Waals surface area contributed by atoms with E-state index in [1.165, 1.54) is 0 Å². The maximum atomic E-state index is 12.4. The number of fused-ring (bicyclic) bond motifs is 5. The smallest absolute Gasteiger partial charge is 0.410 e. The van der Waals surface area contributed by atoms with E-state index in [-0.39, 0.29) is 6.09 Å². The Hall–Kier alpha value is -2.31. The molecule has 0 fully saturated rings. The number of amides is 1. The maximum Gasteiger partial charge on any atom is 0.410 e. The second-order valence-corrected chi connectivity index (χ2v) is 7.44. The van der Waals surface area contributed by atoms with Gasteiger partial charge in [-0.3, -0.25) is 4.68 Å². The number of nitrogens with zero attached hydrogens (tertiary/aromatic N) is 4. The van der Waals surface area contributed by atoms with Crippen LogP contribution in [0.4, 0.5) is 4.79 Å². The quantitative estimate of drug-likeness (QED) is 0.742. The van der Waals surface area contributed by atoms with Crippen molar-refractivity contribution in [2.75, 3.05) is 6.54 Å². The number of aromatic nitrogens is 3. The molecule has 4 rings (SSSR count). The van der Waals surface area contributed by atoms with Crippen molar-refractivity contribution in [2.45, 2.75) is 58.7 Å². The Morgan fingerprint density at radius 3 is 2.92 bits per heavy atom. The normalized spacial score (nSPS) is 16.9. The Labute approximate surface area is 140 Å². The van der Waals surface area contributed by atoms with Crippen molar-refractivity contribution in [3.63, 3.8) is 0 Å². The Bertz CT molecular complexity index is 784. The summed E-state index contributed by atoms with van der Waals surface area (Å²) in [7, 11) is 0. The van der Waals surface area contributed by atoms with Crippen LogP contribution in [-0.4, -0.2) is 38.1 Å². The van der Waals surface area contributed by atoms with Crippen molar-refractivity contribution in [2.24, 2.45) is 0 Å². The van der Waals surface area contributed by atoms with Crippen molar-refractivity contribution < 1.29 is 14.1 Å². The lowest BCUT2D eigenvalue weighted by molar-refractivity contribution is 0.0195. The van der Waals surface area contributed by atoms with Crippen LogP contribution in [0.25, 0.3) is 11.3 Å². The fourth-order valence-electron chi connectivity index (χ4n) is 3.39. The Balaban J connectivity index is 1.68. The summed E-state index contributed by atoms with van der Waals surface area (Å²) in [5.41, 5.74) is 4.64. The summed E-state index contributed by atoms with van der Waals surface area (Å²) in [5.74, 6) is 0. The first-order valence-corrected chi connectivity index (χ1v) is 8.42. The first-order chi connectivity index (χ1) is 11.4. The largest absolute Gasteiger partial charge is 0.444 e. The fraction of sp³-hybridized carbons (Fsp3) is 0.588. The molecule has 2 aromatic rings. The first-order valence-electron chi connectivity index (χ1n) is 8.42. The van der Waals surface area contributed by atoms with E-state index in [0.29, 0.717) is 19.6 Å². The molecule has 0 saturated carbocycles. The molecule has 2 aliphatic rings. The van der Waals surface area contributed by atoms with E-state index in [1.54, 1.807) is 11.2 Å². The predicted molar refractivity (Wildman–Crippen MR) is 86.4 cm³/mol. The molecule has 3 heterocycles. The summed E-state index contributed by atoms with van der Waals surface area (Å²) in [4.78, 5) is 14.2. The second-order valence-electron chi connectivity index (χ2n) is 7.44. The highest BCUT2D eigenvalue weighted by Crippen LogP contribution is 2.35. The zero-order chi connectivity index (χ0) is 16.9. The number of ether oxygens (including phenoxy) is 1. The number of aryl methyl sites for hydroxylation is 2. The van der Waals surface area contributed by atoms with Gasteiger partial charge >= 0.3 is 6.09 Å². The highest BCUT2D eigenvalue weighted by Gasteiger charge is 2.32. The van der Waals surface area contributed by atoms with Crippen LogP contribution in [0.15, 0.2) is 10.8 Å². The average molecular weight is 330 g/mol. The van der Waals surface area contributed by atoms with Crippen molar-refractivity contribution in [3.05, 3.63) is 23.2 Å². The van der Waals surface area contributed by atoms with Gasteiger partial charge in [-0.2, -0.15) is 5.10 Å². The number of carbonyl (C=O) groups excluding carboxylic acids is 1. The molecule has 2 aromatic heterocycles. The third-order valence-corrected chi connectivity index (χ3v) is 4.44. The van der Waals surface area contributed by atoms with Crippen LogP contribution >= 0.6 is 0 Å². The molecule has 1 amide bonds. The van der Waals surface area contributed by atoms with Crippen LogP contribution in [0.3, 0.4) is 0 Å². The van der Waals surface area contributed by atoms with Crippen molar-refractivity contribution in [1.82, 2.24) is 19.8 Å². The minimum Gasteiger partial charge on any atom is -0.444 e. The van der Waals surface area contributed by atoms with Crippen LogP contribution in [0, 0.1) is 0 Å². The van der Waals surface area contributed by atoms with Crippen molar-refractivity contribution >= 4 is 6.09 Å². The molecular formula is C17H22N4O3. The van der Waals surface area contributed by atoms with Gasteiger partial charge < -0.3 is 14.2 Å². The summed E-state index contributed by atoms with van der Waals surface area (Å²) >= 11 is 0. The molecule has 0 unspecified atom stereocenters. The fourth-order valence-corrected chi connectivity index (χ4v) is 3.39. The molecule has 128 valence electrons. The lowest BCUT2D eigenvalue weighted by Crippen LogP contribution is -2.41. The molecular weight excluding hydrogens is 308 g/mol. The van der Waals surface area contributed by atoms with Crippen LogP contribution < -0.4 is 0 Å². The minimum absolute atomic E-state index is 0.280. The molecule has 0 atom stereocenters. The van der Waals surface area contributed by atoms with E-state index in [2.05, 4.69) is 5.16 Å². The van der Waals surface area contributed by atoms with Gasteiger partial charge in [-0.05, 0) is 40.0 Å². The summed E-state index contributed by atoms with van der Waals surface area (Å²) in [6, 6.07) is 0. The molecule has 0 saturated heterocycles. The molecule has 1 aliphatic heterocycles. The van der Waals surface area contributed by atoms with E-state index in [0.717, 1.165) is 47.5 Å². The summed E-state index contributed by atoms with van der Waals surface area (Å²) < 4.78 is 12.7. The van der Waals surface area contributed by atoms with E-state index >= 15 is 0 Å². The van der Waals surface area contributed by atoms with Crippen molar-refractivity contribution in [1.29, 1.82) is 0 Å². The zero-order valence-corrected chi connectivity index (χ0v) is 14.3. The summed E-state index contributed by atoms with van der Waals surface area (Å²) in [6.45, 7) is 7.42. The number of carbonyl (C=O) groups is 1. The third kappa shape index (κ3) is 2.57. The Morgan fingerprint density at radius 1 is 1.29 bits per heavy atom. The lowest BCUT2D eigenvalue weighted by Gasteiger charge is -2.30. The van der Waals surface area contributed by atoms with Gasteiger partial charge in [0.25, 0.3) is 0 Å². The van der Waals surface area contributed by atoms with Gasteiger partial charge in [-0.15, -0.1) is 0 Å². The standard InChI is InChI=1S/C17H22N4O3/c1-17(2,3)24-16(22)20-7-8-21-13(9-20)14-12(18-21)6-4-5-11-10-23-19-15(11)14/h10H,4-9H2,1-3H3. The maximum absolute atomic E-state index is 12.4. The molecule has 24 heavy (non-hydrogen) atoms. The molecule has 7 heteroatoms. The summed E-state index contributed by atoms with van der Waals surface area (Å²) in [6.07, 6.45) is 4.36. The van der Waals surface area contributed by atoms with Gasteiger partial charge in [0, 0.05) is 12.1 Å². The summed E-state index contributed by atoms with van der Waals surface area (Å²) in [5, 5.41) is 8.96. The van der Waals surface area contributed by atoms with Crippen LogP contribution in [-0.2, 0) is 30.7 Å². The molecule has 0 N–H and O–H groups in total. The van der Waals surface area contributed by atoms with Crippen LogP contribution in [0.1, 0.15) is 44.1 Å². The van der Waals surface area contributed by atoms with Gasteiger partial charge in [0.05, 0.1) is 30.0 Å². The first kappa shape index (κ1) is 15.2. The highest BCUT2D eigenvalue weighted by molar-refractivity contribution is 5.72. The number of rotatable bonds is 0. The number of hydrogen-bond acceptors (Lipinski definition) is 5. The monoisotopic (exact) mass is 330 g/mol. The number of hydrogen-bond donors (Lipinski definition) is 0. The Kier molecular flexibility index (Phi) is 3.40. The third-order valence-electron chi connectivity index (χ3n) is 4.44. The molecule has 0 aromatic carbocycles. The van der Waals surface area contributed by atoms with Gasteiger partial charge in [0.2, 0.25) is 0 Å². The zero-order valence-electron chi connectivity index (χ0n) is 14.3. The van der Waals surface area contributed by atoms with E-state index in [1.807, 2.05) is 25.5 Å².